The number of anilines is 1. The summed E-state index contributed by atoms with van der Waals surface area (Å²) >= 11 is 0. The van der Waals surface area contributed by atoms with Gasteiger partial charge in [0.05, 0.1) is 12.0 Å². The lowest BCUT2D eigenvalue weighted by Gasteiger charge is -2.16. The fourth-order valence-electron chi connectivity index (χ4n) is 3.10. The number of amides is 1. The highest BCUT2D eigenvalue weighted by Gasteiger charge is 2.25. The first kappa shape index (κ1) is 20.2. The smallest absolute Gasteiger partial charge is 0.240 e. The molecule has 8 heteroatoms. The van der Waals surface area contributed by atoms with Gasteiger partial charge in [-0.05, 0) is 54.4 Å². The van der Waals surface area contributed by atoms with Crippen LogP contribution in [0.5, 0.6) is 11.5 Å². The van der Waals surface area contributed by atoms with Crippen molar-refractivity contribution >= 4 is 21.6 Å². The maximum atomic E-state index is 12.5. The van der Waals surface area contributed by atoms with Crippen LogP contribution in [0.4, 0.5) is 5.69 Å². The highest BCUT2D eigenvalue weighted by molar-refractivity contribution is 7.89. The van der Waals surface area contributed by atoms with E-state index < -0.39 is 10.0 Å². The molecule has 0 aliphatic carbocycles. The predicted molar refractivity (Wildman–Crippen MR) is 106 cm³/mol. The first-order valence-corrected chi connectivity index (χ1v) is 10.6. The van der Waals surface area contributed by atoms with E-state index in [1.165, 1.54) is 6.07 Å². The van der Waals surface area contributed by atoms with Crippen molar-refractivity contribution in [1.29, 1.82) is 0 Å². The van der Waals surface area contributed by atoms with Crippen molar-refractivity contribution in [1.82, 2.24) is 4.72 Å². The molecule has 0 spiro atoms. The molecule has 0 bridgehead atoms. The molecule has 150 valence electrons. The second kappa shape index (κ2) is 8.62. The van der Waals surface area contributed by atoms with Crippen molar-refractivity contribution in [2.24, 2.45) is 0 Å². The number of hydrogen-bond donors (Lipinski definition) is 1. The summed E-state index contributed by atoms with van der Waals surface area (Å²) in [6.07, 6.45) is 1.08. The Bertz CT molecular complexity index is 942. The number of carbonyl (C=O) groups excluding carboxylic acids is 1. The Morgan fingerprint density at radius 3 is 2.54 bits per heavy atom. The molecule has 2 aromatic rings. The Morgan fingerprint density at radius 2 is 1.86 bits per heavy atom. The fraction of sp³-hybridized carbons (Fsp3) is 0.350. The van der Waals surface area contributed by atoms with Crippen LogP contribution in [0.2, 0.25) is 0 Å². The van der Waals surface area contributed by atoms with Crippen LogP contribution in [-0.2, 0) is 21.2 Å². The maximum Gasteiger partial charge on any atom is 0.240 e. The normalized spacial score (nSPS) is 13.3. The minimum atomic E-state index is -3.64. The molecule has 3 rings (SSSR count). The Labute approximate surface area is 165 Å². The van der Waals surface area contributed by atoms with Gasteiger partial charge in [-0.2, -0.15) is 0 Å². The molecule has 1 aliphatic rings. The molecule has 0 unspecified atom stereocenters. The molecule has 28 heavy (non-hydrogen) atoms. The van der Waals surface area contributed by atoms with Crippen molar-refractivity contribution in [3.05, 3.63) is 48.0 Å². The lowest BCUT2D eigenvalue weighted by Crippen LogP contribution is -2.29. The van der Waals surface area contributed by atoms with Gasteiger partial charge in [-0.25, -0.2) is 13.1 Å². The minimum absolute atomic E-state index is 0.0446. The van der Waals surface area contributed by atoms with Gasteiger partial charge in [0, 0.05) is 25.2 Å². The van der Waals surface area contributed by atoms with Gasteiger partial charge in [0.25, 0.3) is 0 Å². The highest BCUT2D eigenvalue weighted by atomic mass is 32.2. The SMILES string of the molecule is CCC(=O)N1CCc2cc(S(=O)(=O)NCCOc3ccc(OC)cc3)ccc21. The van der Waals surface area contributed by atoms with Crippen LogP contribution in [0.1, 0.15) is 18.9 Å². The van der Waals surface area contributed by atoms with Crippen molar-refractivity contribution < 1.29 is 22.7 Å². The third-order valence-electron chi connectivity index (χ3n) is 4.58. The van der Waals surface area contributed by atoms with Gasteiger partial charge >= 0.3 is 0 Å². The van der Waals surface area contributed by atoms with Crippen LogP contribution in [-0.4, -0.2) is 41.1 Å². The molecule has 0 atom stereocenters. The summed E-state index contributed by atoms with van der Waals surface area (Å²) in [6, 6.07) is 12.0. The molecule has 0 saturated heterocycles. The number of benzene rings is 2. The second-order valence-corrected chi connectivity index (χ2v) is 8.13. The lowest BCUT2D eigenvalue weighted by atomic mass is 10.2. The van der Waals surface area contributed by atoms with Crippen molar-refractivity contribution in [3.63, 3.8) is 0 Å². The third-order valence-corrected chi connectivity index (χ3v) is 6.04. The van der Waals surface area contributed by atoms with Crippen LogP contribution in [0.25, 0.3) is 0 Å². The molecule has 0 aromatic heterocycles. The number of nitrogens with zero attached hydrogens (tertiary/aromatic N) is 1. The number of methoxy groups -OCH3 is 1. The second-order valence-electron chi connectivity index (χ2n) is 6.36. The summed E-state index contributed by atoms with van der Waals surface area (Å²) in [5.74, 6) is 1.41. The zero-order valence-corrected chi connectivity index (χ0v) is 16.8. The number of nitrogens with one attached hydrogen (secondary N) is 1. The van der Waals surface area contributed by atoms with E-state index >= 15 is 0 Å². The topological polar surface area (TPSA) is 84.9 Å². The van der Waals surface area contributed by atoms with E-state index in [0.717, 1.165) is 17.0 Å². The van der Waals surface area contributed by atoms with Crippen LogP contribution in [0.3, 0.4) is 0 Å². The van der Waals surface area contributed by atoms with Crippen molar-refractivity contribution in [2.75, 3.05) is 31.7 Å². The summed E-state index contributed by atoms with van der Waals surface area (Å²) in [7, 11) is -2.06. The Kier molecular flexibility index (Phi) is 6.21. The molecule has 1 aliphatic heterocycles. The van der Waals surface area contributed by atoms with Gasteiger partial charge < -0.3 is 14.4 Å². The lowest BCUT2D eigenvalue weighted by molar-refractivity contribution is -0.118. The number of hydrogen-bond acceptors (Lipinski definition) is 5. The largest absolute Gasteiger partial charge is 0.497 e. The number of rotatable bonds is 8. The molecule has 7 nitrogen and oxygen atoms in total. The van der Waals surface area contributed by atoms with Gasteiger partial charge in [-0.3, -0.25) is 4.79 Å². The van der Waals surface area contributed by atoms with Gasteiger partial charge in [-0.15, -0.1) is 0 Å². The number of fused-ring (bicyclic) bond motifs is 1. The van der Waals surface area contributed by atoms with E-state index in [-0.39, 0.29) is 24.0 Å². The van der Waals surface area contributed by atoms with Crippen LogP contribution < -0.4 is 19.1 Å². The van der Waals surface area contributed by atoms with Crippen LogP contribution in [0.15, 0.2) is 47.4 Å². The van der Waals surface area contributed by atoms with E-state index in [1.54, 1.807) is 48.4 Å². The van der Waals surface area contributed by atoms with Crippen LogP contribution >= 0.6 is 0 Å². The predicted octanol–water partition coefficient (Wildman–Crippen LogP) is 2.35. The average Bonchev–Trinajstić information content (AvgIpc) is 3.14. The number of sulfonamides is 1. The molecule has 1 amide bonds. The molecule has 1 heterocycles. The van der Waals surface area contributed by atoms with Crippen molar-refractivity contribution in [2.45, 2.75) is 24.7 Å². The first-order chi connectivity index (χ1) is 13.4. The van der Waals surface area contributed by atoms with Gasteiger partial charge in [0.15, 0.2) is 0 Å². The van der Waals surface area contributed by atoms with E-state index in [1.807, 2.05) is 6.92 Å². The first-order valence-electron chi connectivity index (χ1n) is 9.14. The number of ether oxygens (including phenoxy) is 2. The van der Waals surface area contributed by atoms with E-state index in [4.69, 9.17) is 9.47 Å². The van der Waals surface area contributed by atoms with Crippen LogP contribution in [0, 0.1) is 0 Å². The summed E-state index contributed by atoms with van der Waals surface area (Å²) in [5, 5.41) is 0. The standard InChI is InChI=1S/C20H24N2O5S/c1-3-20(23)22-12-10-15-14-18(8-9-19(15)22)28(24,25)21-11-13-27-17-6-4-16(26-2)5-7-17/h4-9,14,21H,3,10-13H2,1-2H3. The fourth-order valence-corrected chi connectivity index (χ4v) is 4.16. The Balaban J connectivity index is 1.58. The molecule has 0 fully saturated rings. The summed E-state index contributed by atoms with van der Waals surface area (Å²) < 4.78 is 38.2. The Morgan fingerprint density at radius 1 is 1.14 bits per heavy atom. The van der Waals surface area contributed by atoms with E-state index in [9.17, 15) is 13.2 Å². The van der Waals surface area contributed by atoms with Gasteiger partial charge in [-0.1, -0.05) is 6.92 Å². The summed E-state index contributed by atoms with van der Waals surface area (Å²) in [6.45, 7) is 2.76. The zero-order valence-electron chi connectivity index (χ0n) is 16.0. The summed E-state index contributed by atoms with van der Waals surface area (Å²) in [5.41, 5.74) is 1.67. The van der Waals surface area contributed by atoms with Gasteiger partial charge in [0.1, 0.15) is 18.1 Å². The van der Waals surface area contributed by atoms with Gasteiger partial charge in [0.2, 0.25) is 15.9 Å². The molecular formula is C20H24N2O5S. The average molecular weight is 404 g/mol. The molecule has 0 radical (unpaired) electrons. The van der Waals surface area contributed by atoms with E-state index in [0.29, 0.717) is 25.1 Å². The zero-order chi connectivity index (χ0) is 20.1. The molecular weight excluding hydrogens is 380 g/mol. The quantitative estimate of drug-likeness (QED) is 0.683. The highest BCUT2D eigenvalue weighted by Crippen LogP contribution is 2.30. The number of carbonyl (C=O) groups is 1. The van der Waals surface area contributed by atoms with Crippen molar-refractivity contribution in [3.8, 4) is 11.5 Å². The van der Waals surface area contributed by atoms with E-state index in [2.05, 4.69) is 4.72 Å². The maximum absolute atomic E-state index is 12.5. The summed E-state index contributed by atoms with van der Waals surface area (Å²) in [4.78, 5) is 13.9. The molecule has 0 saturated carbocycles. The minimum Gasteiger partial charge on any atom is -0.497 e. The monoisotopic (exact) mass is 404 g/mol. The Hall–Kier alpha value is -2.58. The molecule has 1 N–H and O–H groups in total. The molecule has 2 aromatic carbocycles. The third kappa shape index (κ3) is 4.45.